The lowest BCUT2D eigenvalue weighted by molar-refractivity contribution is 0.0954. The highest BCUT2D eigenvalue weighted by Crippen LogP contribution is 2.20. The van der Waals surface area contributed by atoms with Crippen molar-refractivity contribution in [3.05, 3.63) is 42.1 Å². The van der Waals surface area contributed by atoms with Crippen molar-refractivity contribution in [3.8, 4) is 11.3 Å². The van der Waals surface area contributed by atoms with Crippen molar-refractivity contribution in [1.82, 2.24) is 15.5 Å². The van der Waals surface area contributed by atoms with Crippen LogP contribution in [0.4, 0.5) is 0 Å². The van der Waals surface area contributed by atoms with Crippen LogP contribution in [0.15, 0.2) is 36.5 Å². The fourth-order valence-electron chi connectivity index (χ4n) is 1.85. The maximum atomic E-state index is 12.1. The van der Waals surface area contributed by atoms with Gasteiger partial charge in [0.2, 0.25) is 0 Å². The maximum Gasteiger partial charge on any atom is 0.255 e. The van der Waals surface area contributed by atoms with Gasteiger partial charge >= 0.3 is 0 Å². The number of halogens is 1. The Balaban J connectivity index is 0.00000200. The van der Waals surface area contributed by atoms with E-state index in [1.165, 1.54) is 0 Å². The molecule has 2 rings (SSSR count). The molecule has 0 spiro atoms. The van der Waals surface area contributed by atoms with Crippen molar-refractivity contribution in [2.24, 2.45) is 5.73 Å². The van der Waals surface area contributed by atoms with E-state index in [-0.39, 0.29) is 18.3 Å². The Morgan fingerprint density at radius 2 is 2.00 bits per heavy atom. The van der Waals surface area contributed by atoms with E-state index >= 15 is 0 Å². The van der Waals surface area contributed by atoms with Gasteiger partial charge in [0.05, 0.1) is 17.5 Å². The minimum atomic E-state index is -0.107. The monoisotopic (exact) mass is 294 g/mol. The van der Waals surface area contributed by atoms with E-state index < -0.39 is 0 Å². The molecule has 1 amide bonds. The van der Waals surface area contributed by atoms with Gasteiger partial charge in [-0.3, -0.25) is 9.89 Å². The molecular formula is C14H19ClN4O. The quantitative estimate of drug-likeness (QED) is 0.712. The summed E-state index contributed by atoms with van der Waals surface area (Å²) in [6.07, 6.45) is 3.36. The van der Waals surface area contributed by atoms with Crippen molar-refractivity contribution in [2.45, 2.75) is 12.8 Å². The average molecular weight is 295 g/mol. The molecule has 0 saturated heterocycles. The van der Waals surface area contributed by atoms with Crippen LogP contribution in [0.2, 0.25) is 0 Å². The zero-order valence-corrected chi connectivity index (χ0v) is 12.0. The van der Waals surface area contributed by atoms with Gasteiger partial charge in [0.1, 0.15) is 0 Å². The number of aromatic nitrogens is 2. The fraction of sp³-hybridized carbons (Fsp3) is 0.286. The summed E-state index contributed by atoms with van der Waals surface area (Å²) in [5.74, 6) is -0.107. The molecule has 0 atom stereocenters. The smallest absolute Gasteiger partial charge is 0.255 e. The first kappa shape index (κ1) is 16.2. The molecule has 4 N–H and O–H groups in total. The Hall–Kier alpha value is -1.85. The Bertz CT molecular complexity index is 527. The Labute approximate surface area is 124 Å². The fourth-order valence-corrected chi connectivity index (χ4v) is 1.85. The molecule has 0 aliphatic carbocycles. The average Bonchev–Trinajstić information content (AvgIpc) is 2.94. The molecule has 20 heavy (non-hydrogen) atoms. The summed E-state index contributed by atoms with van der Waals surface area (Å²) >= 11 is 0. The molecule has 1 aromatic carbocycles. The highest BCUT2D eigenvalue weighted by atomic mass is 35.5. The van der Waals surface area contributed by atoms with E-state index in [9.17, 15) is 4.79 Å². The Morgan fingerprint density at radius 3 is 2.70 bits per heavy atom. The van der Waals surface area contributed by atoms with Crippen molar-refractivity contribution in [3.63, 3.8) is 0 Å². The first-order valence-electron chi connectivity index (χ1n) is 6.40. The zero-order valence-electron chi connectivity index (χ0n) is 11.1. The van der Waals surface area contributed by atoms with Gasteiger partial charge in [0.15, 0.2) is 0 Å². The summed E-state index contributed by atoms with van der Waals surface area (Å²) < 4.78 is 0. The molecule has 0 saturated carbocycles. The summed E-state index contributed by atoms with van der Waals surface area (Å²) in [5, 5.41) is 9.71. The second-order valence-electron chi connectivity index (χ2n) is 4.28. The van der Waals surface area contributed by atoms with Gasteiger partial charge in [-0.1, -0.05) is 30.3 Å². The van der Waals surface area contributed by atoms with Crippen LogP contribution < -0.4 is 11.1 Å². The molecule has 108 valence electrons. The first-order chi connectivity index (χ1) is 9.33. The SMILES string of the molecule is Cl.NCCCCNC(=O)c1cn[nH]c1-c1ccccc1. The number of carbonyl (C=O) groups is 1. The van der Waals surface area contributed by atoms with Crippen LogP contribution in [0.1, 0.15) is 23.2 Å². The maximum absolute atomic E-state index is 12.1. The van der Waals surface area contributed by atoms with Crippen LogP contribution in [0.25, 0.3) is 11.3 Å². The van der Waals surface area contributed by atoms with Crippen LogP contribution in [0.5, 0.6) is 0 Å². The second-order valence-corrected chi connectivity index (χ2v) is 4.28. The lowest BCUT2D eigenvalue weighted by atomic mass is 10.1. The number of amides is 1. The number of H-pyrrole nitrogens is 1. The largest absolute Gasteiger partial charge is 0.352 e. The van der Waals surface area contributed by atoms with Crippen molar-refractivity contribution in [1.29, 1.82) is 0 Å². The van der Waals surface area contributed by atoms with Gasteiger partial charge in [-0.15, -0.1) is 12.4 Å². The summed E-state index contributed by atoms with van der Waals surface area (Å²) in [7, 11) is 0. The number of hydrogen-bond acceptors (Lipinski definition) is 3. The highest BCUT2D eigenvalue weighted by Gasteiger charge is 2.14. The summed E-state index contributed by atoms with van der Waals surface area (Å²) in [4.78, 5) is 12.1. The number of hydrogen-bond donors (Lipinski definition) is 3. The molecule has 6 heteroatoms. The molecule has 5 nitrogen and oxygen atoms in total. The molecular weight excluding hydrogens is 276 g/mol. The standard InChI is InChI=1S/C14H18N4O.ClH/c15-8-4-5-9-16-14(19)12-10-17-18-13(12)11-6-2-1-3-7-11;/h1-3,6-7,10H,4-5,8-9,15H2,(H,16,19)(H,17,18);1H. The Morgan fingerprint density at radius 1 is 1.25 bits per heavy atom. The van der Waals surface area contributed by atoms with Crippen molar-refractivity contribution < 1.29 is 4.79 Å². The third kappa shape index (κ3) is 4.08. The third-order valence-corrected chi connectivity index (χ3v) is 2.86. The van der Waals surface area contributed by atoms with Gasteiger partial charge in [-0.25, -0.2) is 0 Å². The van der Waals surface area contributed by atoms with Gasteiger partial charge in [0.25, 0.3) is 5.91 Å². The van der Waals surface area contributed by atoms with E-state index in [1.807, 2.05) is 30.3 Å². The number of nitrogens with zero attached hydrogens (tertiary/aromatic N) is 1. The lowest BCUT2D eigenvalue weighted by Crippen LogP contribution is -2.25. The van der Waals surface area contributed by atoms with Crippen LogP contribution in [0.3, 0.4) is 0 Å². The minimum Gasteiger partial charge on any atom is -0.352 e. The summed E-state index contributed by atoms with van der Waals surface area (Å²) in [6, 6.07) is 9.68. The first-order valence-corrected chi connectivity index (χ1v) is 6.40. The number of benzene rings is 1. The normalized spacial score (nSPS) is 9.85. The number of rotatable bonds is 6. The number of aromatic amines is 1. The van der Waals surface area contributed by atoms with E-state index in [1.54, 1.807) is 6.20 Å². The molecule has 0 aliphatic rings. The molecule has 0 radical (unpaired) electrons. The van der Waals surface area contributed by atoms with E-state index in [0.29, 0.717) is 18.7 Å². The van der Waals surface area contributed by atoms with Crippen LogP contribution in [0, 0.1) is 0 Å². The van der Waals surface area contributed by atoms with Crippen LogP contribution in [-0.4, -0.2) is 29.2 Å². The Kier molecular flexibility index (Phi) is 6.76. The predicted molar refractivity (Wildman–Crippen MR) is 81.9 cm³/mol. The molecule has 0 bridgehead atoms. The molecule has 1 aromatic heterocycles. The zero-order chi connectivity index (χ0) is 13.5. The predicted octanol–water partition coefficient (Wildman–Crippen LogP) is 1.97. The van der Waals surface area contributed by atoms with Gasteiger partial charge in [0, 0.05) is 12.1 Å². The highest BCUT2D eigenvalue weighted by molar-refractivity contribution is 5.99. The lowest BCUT2D eigenvalue weighted by Gasteiger charge is -2.05. The number of nitrogens with two attached hydrogens (primary N) is 1. The van der Waals surface area contributed by atoms with Gasteiger partial charge in [-0.2, -0.15) is 5.10 Å². The summed E-state index contributed by atoms with van der Waals surface area (Å²) in [6.45, 7) is 1.28. The molecule has 2 aromatic rings. The molecule has 1 heterocycles. The minimum absolute atomic E-state index is 0. The number of carbonyl (C=O) groups excluding carboxylic acids is 1. The van der Waals surface area contributed by atoms with Crippen LogP contribution in [-0.2, 0) is 0 Å². The molecule has 0 fully saturated rings. The summed E-state index contributed by atoms with van der Waals surface area (Å²) in [5.41, 5.74) is 7.68. The van der Waals surface area contributed by atoms with Crippen LogP contribution >= 0.6 is 12.4 Å². The molecule has 0 aliphatic heterocycles. The van der Waals surface area contributed by atoms with E-state index in [4.69, 9.17) is 5.73 Å². The van der Waals surface area contributed by atoms with E-state index in [0.717, 1.165) is 24.1 Å². The van der Waals surface area contributed by atoms with Crippen molar-refractivity contribution >= 4 is 18.3 Å². The second kappa shape index (κ2) is 8.35. The topological polar surface area (TPSA) is 83.8 Å². The van der Waals surface area contributed by atoms with E-state index in [2.05, 4.69) is 15.5 Å². The number of nitrogens with one attached hydrogen (secondary N) is 2. The van der Waals surface area contributed by atoms with Gasteiger partial charge < -0.3 is 11.1 Å². The number of unbranched alkanes of at least 4 members (excludes halogenated alkanes) is 1. The van der Waals surface area contributed by atoms with Crippen molar-refractivity contribution in [2.75, 3.05) is 13.1 Å². The van der Waals surface area contributed by atoms with Gasteiger partial charge in [-0.05, 0) is 19.4 Å². The third-order valence-electron chi connectivity index (χ3n) is 2.86. The molecule has 0 unspecified atom stereocenters.